The van der Waals surface area contributed by atoms with E-state index in [0.717, 1.165) is 49.1 Å². The third-order valence-corrected chi connectivity index (χ3v) is 7.40. The Morgan fingerprint density at radius 2 is 1.80 bits per heavy atom. The van der Waals surface area contributed by atoms with Crippen molar-refractivity contribution in [1.82, 2.24) is 19.6 Å². The zero-order valence-corrected chi connectivity index (χ0v) is 22.0. The van der Waals surface area contributed by atoms with Crippen LogP contribution in [0.4, 0.5) is 17.6 Å². The van der Waals surface area contributed by atoms with Crippen molar-refractivity contribution in [2.24, 2.45) is 0 Å². The number of hydrogen-bond donors (Lipinski definition) is 0. The maximum atomic E-state index is 13.6. The van der Waals surface area contributed by atoms with Crippen LogP contribution >= 0.6 is 12.4 Å². The third-order valence-electron chi connectivity index (χ3n) is 7.40. The molecule has 1 fully saturated rings. The summed E-state index contributed by atoms with van der Waals surface area (Å²) in [5.74, 6) is -0.172. The van der Waals surface area contributed by atoms with Crippen LogP contribution in [-0.4, -0.2) is 39.2 Å². The lowest BCUT2D eigenvalue weighted by atomic mass is 9.91. The highest BCUT2D eigenvalue weighted by Crippen LogP contribution is 2.33. The summed E-state index contributed by atoms with van der Waals surface area (Å²) in [4.78, 5) is 20.1. The highest BCUT2D eigenvalue weighted by molar-refractivity contribution is 5.85. The van der Waals surface area contributed by atoms with Crippen LogP contribution in [0.2, 0.25) is 0 Å². The van der Waals surface area contributed by atoms with Crippen LogP contribution in [0.5, 0.6) is 0 Å². The summed E-state index contributed by atoms with van der Waals surface area (Å²) in [6.45, 7) is 2.20. The Morgan fingerprint density at radius 3 is 2.58 bits per heavy atom. The van der Waals surface area contributed by atoms with Gasteiger partial charge in [0, 0.05) is 41.1 Å². The summed E-state index contributed by atoms with van der Waals surface area (Å²) in [6.07, 6.45) is -0.880. The Labute approximate surface area is 232 Å². The molecule has 5 aromatic rings. The van der Waals surface area contributed by atoms with Crippen LogP contribution in [-0.2, 0) is 12.6 Å². The average molecular weight is 573 g/mol. The van der Waals surface area contributed by atoms with E-state index < -0.39 is 11.7 Å². The van der Waals surface area contributed by atoms with Gasteiger partial charge in [-0.15, -0.1) is 12.4 Å². The molecule has 1 saturated heterocycles. The summed E-state index contributed by atoms with van der Waals surface area (Å²) in [5.41, 5.74) is 1.03. The summed E-state index contributed by atoms with van der Waals surface area (Å²) >= 11 is 0. The molecule has 0 amide bonds. The van der Waals surface area contributed by atoms with Gasteiger partial charge in [-0.3, -0.25) is 9.36 Å². The van der Waals surface area contributed by atoms with Gasteiger partial charge >= 0.3 is 6.18 Å². The molecule has 0 N–H and O–H groups in total. The van der Waals surface area contributed by atoms with Crippen LogP contribution in [0.15, 0.2) is 76.2 Å². The molecular weight excluding hydrogens is 548 g/mol. The highest BCUT2D eigenvalue weighted by atomic mass is 35.5. The number of fused-ring (bicyclic) bond motifs is 2. The predicted molar refractivity (Wildman–Crippen MR) is 146 cm³/mol. The van der Waals surface area contributed by atoms with Crippen molar-refractivity contribution in [2.75, 3.05) is 19.6 Å². The van der Waals surface area contributed by atoms with Crippen molar-refractivity contribution in [3.8, 4) is 5.69 Å². The molecule has 208 valence electrons. The highest BCUT2D eigenvalue weighted by Gasteiger charge is 2.31. The predicted octanol–water partition coefficient (Wildman–Crippen LogP) is 6.53. The molecule has 3 aromatic heterocycles. The fourth-order valence-electron chi connectivity index (χ4n) is 5.37. The molecular formula is C29H25ClF4N4O2. The Morgan fingerprint density at radius 1 is 1.00 bits per heavy atom. The third kappa shape index (κ3) is 5.33. The normalized spacial score (nSPS) is 15.0. The van der Waals surface area contributed by atoms with E-state index in [4.69, 9.17) is 4.52 Å². The molecule has 0 radical (unpaired) electrons. The molecule has 0 saturated carbocycles. The number of alkyl halides is 3. The summed E-state index contributed by atoms with van der Waals surface area (Å²) in [5, 5.41) is 5.71. The van der Waals surface area contributed by atoms with E-state index in [2.05, 4.69) is 15.0 Å². The Balaban J connectivity index is 0.00000323. The number of likely N-dealkylation sites (tertiary alicyclic amines) is 1. The number of piperidine rings is 1. The summed E-state index contributed by atoms with van der Waals surface area (Å²) in [6, 6.07) is 14.5. The van der Waals surface area contributed by atoms with Crippen molar-refractivity contribution < 1.29 is 22.1 Å². The molecule has 2 aromatic carbocycles. The van der Waals surface area contributed by atoms with Crippen LogP contribution in [0.1, 0.15) is 35.6 Å². The fraction of sp³-hybridized carbons (Fsp3) is 0.276. The molecule has 0 atom stereocenters. The molecule has 0 bridgehead atoms. The van der Waals surface area contributed by atoms with E-state index in [0.29, 0.717) is 35.1 Å². The van der Waals surface area contributed by atoms with Crippen LogP contribution in [0, 0.1) is 5.82 Å². The molecule has 40 heavy (non-hydrogen) atoms. The number of nitrogens with zero attached hydrogens (tertiary/aromatic N) is 4. The van der Waals surface area contributed by atoms with Gasteiger partial charge in [0.1, 0.15) is 11.5 Å². The van der Waals surface area contributed by atoms with E-state index in [1.54, 1.807) is 24.3 Å². The number of rotatable bonds is 5. The second-order valence-electron chi connectivity index (χ2n) is 9.85. The first-order chi connectivity index (χ1) is 18.8. The molecule has 6 rings (SSSR count). The Bertz CT molecular complexity index is 1730. The minimum atomic E-state index is -4.53. The van der Waals surface area contributed by atoms with E-state index in [9.17, 15) is 22.4 Å². The van der Waals surface area contributed by atoms with Crippen molar-refractivity contribution in [2.45, 2.75) is 31.4 Å². The first-order valence-electron chi connectivity index (χ1n) is 12.7. The van der Waals surface area contributed by atoms with E-state index in [-0.39, 0.29) is 35.4 Å². The summed E-state index contributed by atoms with van der Waals surface area (Å²) < 4.78 is 60.2. The van der Waals surface area contributed by atoms with E-state index in [1.807, 2.05) is 0 Å². The van der Waals surface area contributed by atoms with Crippen LogP contribution in [0.3, 0.4) is 0 Å². The minimum Gasteiger partial charge on any atom is -0.356 e. The van der Waals surface area contributed by atoms with Crippen molar-refractivity contribution in [3.63, 3.8) is 0 Å². The number of benzene rings is 2. The van der Waals surface area contributed by atoms with Gasteiger partial charge in [-0.05, 0) is 80.9 Å². The second kappa shape index (κ2) is 11.0. The molecule has 1 aliphatic heterocycles. The number of pyridine rings is 2. The van der Waals surface area contributed by atoms with Gasteiger partial charge in [0.05, 0.1) is 16.9 Å². The molecule has 0 aliphatic carbocycles. The Kier molecular flexibility index (Phi) is 7.65. The first-order valence-corrected chi connectivity index (χ1v) is 12.7. The largest absolute Gasteiger partial charge is 0.416 e. The lowest BCUT2D eigenvalue weighted by Gasteiger charge is -2.31. The number of hydrogen-bond acceptors (Lipinski definition) is 5. The molecule has 6 nitrogen and oxygen atoms in total. The van der Waals surface area contributed by atoms with Crippen molar-refractivity contribution in [3.05, 3.63) is 99.9 Å². The minimum absolute atomic E-state index is 0. The van der Waals surface area contributed by atoms with Gasteiger partial charge in [0.25, 0.3) is 5.56 Å². The average Bonchev–Trinajstić information content (AvgIpc) is 3.35. The molecule has 0 unspecified atom stereocenters. The van der Waals surface area contributed by atoms with Crippen LogP contribution < -0.4 is 5.56 Å². The molecule has 4 heterocycles. The lowest BCUT2D eigenvalue weighted by Crippen LogP contribution is -2.35. The van der Waals surface area contributed by atoms with Crippen molar-refractivity contribution in [1.29, 1.82) is 0 Å². The quantitative estimate of drug-likeness (QED) is 0.224. The maximum Gasteiger partial charge on any atom is 0.416 e. The maximum absolute atomic E-state index is 13.6. The topological polar surface area (TPSA) is 64.2 Å². The smallest absolute Gasteiger partial charge is 0.356 e. The van der Waals surface area contributed by atoms with Gasteiger partial charge in [0.15, 0.2) is 5.58 Å². The standard InChI is InChI=1S/C29H24F4N4O2.ClH/c30-22-6-7-24-25(17-22)39-35-26(24)18-8-12-36(13-9-18)14-10-20-15-19-3-2-11-34-27(19)37(28(20)38)23-5-1-4-21(16-23)29(31,32)33;/h1-7,11,15-18H,8-10,12-14H2;1H. The lowest BCUT2D eigenvalue weighted by molar-refractivity contribution is -0.137. The van der Waals surface area contributed by atoms with Crippen molar-refractivity contribution >= 4 is 34.4 Å². The zero-order chi connectivity index (χ0) is 27.1. The SMILES string of the molecule is Cl.O=c1c(CCN2CCC(c3noc4cc(F)ccc34)CC2)cc2cccnc2n1-c1cccc(C(F)(F)F)c1. The molecule has 11 heteroatoms. The van der Waals surface area contributed by atoms with E-state index in [1.165, 1.54) is 35.0 Å². The first kappa shape index (κ1) is 27.8. The van der Waals surface area contributed by atoms with E-state index >= 15 is 0 Å². The fourth-order valence-corrected chi connectivity index (χ4v) is 5.37. The Hall–Kier alpha value is -3.76. The molecule has 1 aliphatic rings. The van der Waals surface area contributed by atoms with Gasteiger partial charge in [-0.25, -0.2) is 9.37 Å². The summed E-state index contributed by atoms with van der Waals surface area (Å²) in [7, 11) is 0. The second-order valence-corrected chi connectivity index (χ2v) is 9.85. The van der Waals surface area contributed by atoms with Gasteiger partial charge < -0.3 is 9.42 Å². The number of halogens is 5. The van der Waals surface area contributed by atoms with Crippen LogP contribution in [0.25, 0.3) is 27.7 Å². The zero-order valence-electron chi connectivity index (χ0n) is 21.2. The van der Waals surface area contributed by atoms with Gasteiger partial charge in [-0.1, -0.05) is 11.2 Å². The van der Waals surface area contributed by atoms with Gasteiger partial charge in [0.2, 0.25) is 0 Å². The number of aromatic nitrogens is 3. The molecule has 0 spiro atoms. The van der Waals surface area contributed by atoms with Gasteiger partial charge in [-0.2, -0.15) is 13.2 Å². The monoisotopic (exact) mass is 572 g/mol.